The summed E-state index contributed by atoms with van der Waals surface area (Å²) in [5.74, 6) is 0.549. The Morgan fingerprint density at radius 1 is 1.45 bits per heavy atom. The van der Waals surface area contributed by atoms with E-state index in [9.17, 15) is 4.79 Å². The minimum absolute atomic E-state index is 0.0128. The number of nitrogens with one attached hydrogen (secondary N) is 1. The molecule has 1 amide bonds. The third-order valence-electron chi connectivity index (χ3n) is 3.77. The molecule has 1 aromatic rings. The lowest BCUT2D eigenvalue weighted by Crippen LogP contribution is -2.33. The zero-order chi connectivity index (χ0) is 14.7. The van der Waals surface area contributed by atoms with Crippen LogP contribution in [-0.2, 0) is 0 Å². The number of nitrogens with zero attached hydrogens (tertiary/aromatic N) is 1. The summed E-state index contributed by atoms with van der Waals surface area (Å²) >= 11 is 6.82. The van der Waals surface area contributed by atoms with Crippen LogP contribution in [0.1, 0.15) is 30.6 Å². The van der Waals surface area contributed by atoms with E-state index in [2.05, 4.69) is 55.9 Å². The SMILES string of the molecule is CC(C)N1CCC(CNC(=O)c2cc(Br)ccc2Br)C1. The molecular weight excluding hydrogens is 384 g/mol. The number of carbonyl (C=O) groups excluding carboxylic acids is 1. The van der Waals surface area contributed by atoms with E-state index in [4.69, 9.17) is 0 Å². The van der Waals surface area contributed by atoms with Gasteiger partial charge >= 0.3 is 0 Å². The van der Waals surface area contributed by atoms with Gasteiger partial charge in [-0.2, -0.15) is 0 Å². The smallest absolute Gasteiger partial charge is 0.252 e. The van der Waals surface area contributed by atoms with Crippen molar-refractivity contribution in [3.63, 3.8) is 0 Å². The van der Waals surface area contributed by atoms with E-state index in [1.807, 2.05) is 18.2 Å². The summed E-state index contributed by atoms with van der Waals surface area (Å²) < 4.78 is 1.74. The predicted molar refractivity (Wildman–Crippen MR) is 89.0 cm³/mol. The molecule has 1 fully saturated rings. The van der Waals surface area contributed by atoms with Crippen LogP contribution in [0, 0.1) is 5.92 Å². The molecule has 1 atom stereocenters. The zero-order valence-corrected chi connectivity index (χ0v) is 15.0. The van der Waals surface area contributed by atoms with E-state index in [1.54, 1.807) is 0 Å². The van der Waals surface area contributed by atoms with Gasteiger partial charge in [0, 0.05) is 28.1 Å². The summed E-state index contributed by atoms with van der Waals surface area (Å²) in [4.78, 5) is 14.7. The molecule has 1 aromatic carbocycles. The first-order chi connectivity index (χ1) is 9.47. The lowest BCUT2D eigenvalue weighted by atomic mass is 10.1. The standard InChI is InChI=1S/C15H20Br2N2O/c1-10(2)19-6-5-11(9-19)8-18-15(20)13-7-12(16)3-4-14(13)17/h3-4,7,10-11H,5-6,8-9H2,1-2H3,(H,18,20). The van der Waals surface area contributed by atoms with E-state index in [0.29, 0.717) is 17.5 Å². The number of hydrogen-bond donors (Lipinski definition) is 1. The molecule has 1 aliphatic heterocycles. The molecule has 20 heavy (non-hydrogen) atoms. The second-order valence-electron chi connectivity index (χ2n) is 5.58. The van der Waals surface area contributed by atoms with Crippen LogP contribution in [0.15, 0.2) is 27.1 Å². The molecule has 3 nitrogen and oxygen atoms in total. The number of amides is 1. The first-order valence-electron chi connectivity index (χ1n) is 6.94. The van der Waals surface area contributed by atoms with E-state index in [0.717, 1.165) is 35.0 Å². The normalized spacial score (nSPS) is 19.6. The van der Waals surface area contributed by atoms with Gasteiger partial charge in [-0.1, -0.05) is 15.9 Å². The number of benzene rings is 1. The van der Waals surface area contributed by atoms with E-state index >= 15 is 0 Å². The number of rotatable bonds is 4. The van der Waals surface area contributed by atoms with Crippen LogP contribution < -0.4 is 5.32 Å². The van der Waals surface area contributed by atoms with Crippen LogP contribution in [0.4, 0.5) is 0 Å². The molecule has 0 aliphatic carbocycles. The Labute approximate surface area is 137 Å². The molecule has 0 spiro atoms. The van der Waals surface area contributed by atoms with Crippen LogP contribution in [0.5, 0.6) is 0 Å². The van der Waals surface area contributed by atoms with Gasteiger partial charge in [0.05, 0.1) is 5.56 Å². The van der Waals surface area contributed by atoms with Gasteiger partial charge in [0.1, 0.15) is 0 Å². The van der Waals surface area contributed by atoms with Crippen LogP contribution in [0.25, 0.3) is 0 Å². The lowest BCUT2D eigenvalue weighted by Gasteiger charge is -2.20. The number of halogens is 2. The van der Waals surface area contributed by atoms with E-state index in [1.165, 1.54) is 0 Å². The molecule has 1 N–H and O–H groups in total. The Hall–Kier alpha value is -0.390. The summed E-state index contributed by atoms with van der Waals surface area (Å²) in [6, 6.07) is 6.23. The van der Waals surface area contributed by atoms with Gasteiger partial charge in [0.15, 0.2) is 0 Å². The minimum Gasteiger partial charge on any atom is -0.352 e. The molecule has 1 heterocycles. The van der Waals surface area contributed by atoms with Crippen molar-refractivity contribution in [1.29, 1.82) is 0 Å². The van der Waals surface area contributed by atoms with Gasteiger partial charge in [-0.3, -0.25) is 4.79 Å². The molecule has 0 aromatic heterocycles. The second kappa shape index (κ2) is 7.05. The fraction of sp³-hybridized carbons (Fsp3) is 0.533. The number of likely N-dealkylation sites (tertiary alicyclic amines) is 1. The Kier molecular flexibility index (Phi) is 5.64. The molecular formula is C15H20Br2N2O. The molecule has 0 radical (unpaired) electrons. The third-order valence-corrected chi connectivity index (χ3v) is 4.96. The highest BCUT2D eigenvalue weighted by Crippen LogP contribution is 2.22. The molecule has 110 valence electrons. The third kappa shape index (κ3) is 4.06. The fourth-order valence-electron chi connectivity index (χ4n) is 2.50. The monoisotopic (exact) mass is 402 g/mol. The van der Waals surface area contributed by atoms with Gasteiger partial charge in [-0.15, -0.1) is 0 Å². The van der Waals surface area contributed by atoms with Crippen molar-refractivity contribution in [3.8, 4) is 0 Å². The quantitative estimate of drug-likeness (QED) is 0.831. The lowest BCUT2D eigenvalue weighted by molar-refractivity contribution is 0.0946. The van der Waals surface area contributed by atoms with Crippen molar-refractivity contribution in [3.05, 3.63) is 32.7 Å². The van der Waals surface area contributed by atoms with Crippen molar-refractivity contribution < 1.29 is 4.79 Å². The molecule has 2 rings (SSSR count). The molecule has 1 saturated heterocycles. The van der Waals surface area contributed by atoms with Crippen LogP contribution in [-0.4, -0.2) is 36.5 Å². The van der Waals surface area contributed by atoms with Gasteiger partial charge in [-0.05, 0) is 66.9 Å². The first-order valence-corrected chi connectivity index (χ1v) is 8.53. The molecule has 5 heteroatoms. The fourth-order valence-corrected chi connectivity index (χ4v) is 3.29. The highest BCUT2D eigenvalue weighted by molar-refractivity contribution is 9.11. The maximum Gasteiger partial charge on any atom is 0.252 e. The molecule has 1 unspecified atom stereocenters. The zero-order valence-electron chi connectivity index (χ0n) is 11.8. The highest BCUT2D eigenvalue weighted by Gasteiger charge is 2.24. The first kappa shape index (κ1) is 16.0. The second-order valence-corrected chi connectivity index (χ2v) is 7.35. The predicted octanol–water partition coefficient (Wildman–Crippen LogP) is 3.67. The summed E-state index contributed by atoms with van der Waals surface area (Å²) in [5.41, 5.74) is 0.679. The largest absolute Gasteiger partial charge is 0.352 e. The molecule has 0 saturated carbocycles. The van der Waals surface area contributed by atoms with E-state index in [-0.39, 0.29) is 5.91 Å². The van der Waals surface area contributed by atoms with Gasteiger partial charge in [0.2, 0.25) is 0 Å². The summed E-state index contributed by atoms with van der Waals surface area (Å²) in [6.07, 6.45) is 1.16. The number of hydrogen-bond acceptors (Lipinski definition) is 2. The molecule has 1 aliphatic rings. The van der Waals surface area contributed by atoms with Crippen LogP contribution in [0.3, 0.4) is 0 Å². The summed E-state index contributed by atoms with van der Waals surface area (Å²) in [5, 5.41) is 3.05. The summed E-state index contributed by atoms with van der Waals surface area (Å²) in [7, 11) is 0. The highest BCUT2D eigenvalue weighted by atomic mass is 79.9. The van der Waals surface area contributed by atoms with Gasteiger partial charge in [-0.25, -0.2) is 0 Å². The topological polar surface area (TPSA) is 32.3 Å². The van der Waals surface area contributed by atoms with Gasteiger partial charge in [0.25, 0.3) is 5.91 Å². The Morgan fingerprint density at radius 2 is 2.20 bits per heavy atom. The van der Waals surface area contributed by atoms with Crippen LogP contribution >= 0.6 is 31.9 Å². The van der Waals surface area contributed by atoms with Crippen molar-refractivity contribution >= 4 is 37.8 Å². The average molecular weight is 404 g/mol. The molecule has 0 bridgehead atoms. The Bertz CT molecular complexity index is 491. The van der Waals surface area contributed by atoms with Crippen molar-refractivity contribution in [2.75, 3.05) is 19.6 Å². The number of carbonyl (C=O) groups is 1. The van der Waals surface area contributed by atoms with Gasteiger partial charge < -0.3 is 10.2 Å². The van der Waals surface area contributed by atoms with E-state index < -0.39 is 0 Å². The summed E-state index contributed by atoms with van der Waals surface area (Å²) in [6.45, 7) is 7.41. The maximum atomic E-state index is 12.2. The Morgan fingerprint density at radius 3 is 2.85 bits per heavy atom. The van der Waals surface area contributed by atoms with Crippen molar-refractivity contribution in [1.82, 2.24) is 10.2 Å². The maximum absolute atomic E-state index is 12.2. The van der Waals surface area contributed by atoms with Crippen LogP contribution in [0.2, 0.25) is 0 Å². The average Bonchev–Trinajstić information content (AvgIpc) is 2.88. The van der Waals surface area contributed by atoms with Crippen molar-refractivity contribution in [2.45, 2.75) is 26.3 Å². The minimum atomic E-state index is -0.0128. The van der Waals surface area contributed by atoms with Crippen molar-refractivity contribution in [2.24, 2.45) is 5.92 Å². The Balaban J connectivity index is 1.88.